The van der Waals surface area contributed by atoms with E-state index in [4.69, 9.17) is 5.73 Å². The molecule has 156 valence electrons. The quantitative estimate of drug-likeness (QED) is 0.680. The number of halogens is 2. The van der Waals surface area contributed by atoms with Gasteiger partial charge in [-0.25, -0.2) is 4.68 Å². The number of fused-ring (bicyclic) bond motifs is 1. The Hall–Kier alpha value is -2.22. The molecule has 2 atom stereocenters. The van der Waals surface area contributed by atoms with Gasteiger partial charge in [0.25, 0.3) is 5.91 Å². The summed E-state index contributed by atoms with van der Waals surface area (Å²) in [4.78, 5) is 19.1. The molecule has 1 aromatic carbocycles. The van der Waals surface area contributed by atoms with Gasteiger partial charge in [0.2, 0.25) is 0 Å². The Morgan fingerprint density at radius 1 is 1.28 bits per heavy atom. The van der Waals surface area contributed by atoms with Gasteiger partial charge in [0.15, 0.2) is 5.69 Å². The van der Waals surface area contributed by atoms with Gasteiger partial charge in [0, 0.05) is 42.3 Å². The second-order valence-electron chi connectivity index (χ2n) is 7.32. The number of nitrogens with zero attached hydrogens (tertiary/aromatic N) is 5. The van der Waals surface area contributed by atoms with Crippen LogP contribution in [-0.4, -0.2) is 49.9 Å². The molecular formula is C20H26Cl2N6O. The molecule has 0 aliphatic carbocycles. The van der Waals surface area contributed by atoms with E-state index < -0.39 is 0 Å². The van der Waals surface area contributed by atoms with Gasteiger partial charge in [-0.1, -0.05) is 17.3 Å². The summed E-state index contributed by atoms with van der Waals surface area (Å²) in [5.74, 6) is 0.273. The monoisotopic (exact) mass is 436 g/mol. The molecule has 29 heavy (non-hydrogen) atoms. The van der Waals surface area contributed by atoms with Gasteiger partial charge in [-0.05, 0) is 44.7 Å². The summed E-state index contributed by atoms with van der Waals surface area (Å²) in [6.07, 6.45) is 5.61. The fraction of sp³-hybridized carbons (Fsp3) is 0.400. The number of aromatic nitrogens is 4. The number of piperidine rings is 1. The number of likely N-dealkylation sites (tertiary alicyclic amines) is 1. The smallest absolute Gasteiger partial charge is 0.276 e. The lowest BCUT2D eigenvalue weighted by Gasteiger charge is -2.34. The number of carbonyl (C=O) groups excluding carboxylic acids is 1. The van der Waals surface area contributed by atoms with Crippen molar-refractivity contribution in [3.05, 3.63) is 48.0 Å². The van der Waals surface area contributed by atoms with Crippen molar-refractivity contribution in [1.29, 1.82) is 0 Å². The van der Waals surface area contributed by atoms with Gasteiger partial charge in [0.1, 0.15) is 0 Å². The van der Waals surface area contributed by atoms with Gasteiger partial charge in [-0.15, -0.1) is 29.9 Å². The number of amides is 1. The van der Waals surface area contributed by atoms with Crippen LogP contribution in [0.1, 0.15) is 35.9 Å². The molecule has 3 aromatic rings. The van der Waals surface area contributed by atoms with E-state index in [1.54, 1.807) is 10.9 Å². The lowest BCUT2D eigenvalue weighted by molar-refractivity contribution is 0.0654. The van der Waals surface area contributed by atoms with Crippen molar-refractivity contribution < 1.29 is 4.79 Å². The van der Waals surface area contributed by atoms with Crippen LogP contribution >= 0.6 is 24.8 Å². The van der Waals surface area contributed by atoms with Crippen molar-refractivity contribution in [3.8, 4) is 5.69 Å². The summed E-state index contributed by atoms with van der Waals surface area (Å²) in [6, 6.07) is 7.98. The van der Waals surface area contributed by atoms with Gasteiger partial charge in [-0.3, -0.25) is 9.78 Å². The summed E-state index contributed by atoms with van der Waals surface area (Å²) in [6.45, 7) is 5.33. The summed E-state index contributed by atoms with van der Waals surface area (Å²) in [7, 11) is 0. The van der Waals surface area contributed by atoms with E-state index in [0.29, 0.717) is 18.2 Å². The minimum atomic E-state index is -0.0639. The summed E-state index contributed by atoms with van der Waals surface area (Å²) in [5.41, 5.74) is 8.10. The van der Waals surface area contributed by atoms with E-state index in [1.165, 1.54) is 0 Å². The third-order valence-corrected chi connectivity index (χ3v) is 5.47. The average Bonchev–Trinajstić information content (AvgIpc) is 3.08. The van der Waals surface area contributed by atoms with E-state index in [2.05, 4.69) is 15.3 Å². The largest absolute Gasteiger partial charge is 0.337 e. The topological polar surface area (TPSA) is 89.9 Å². The van der Waals surface area contributed by atoms with E-state index >= 15 is 0 Å². The van der Waals surface area contributed by atoms with Crippen LogP contribution in [0.5, 0.6) is 0 Å². The van der Waals surface area contributed by atoms with E-state index in [-0.39, 0.29) is 36.8 Å². The molecule has 1 fully saturated rings. The maximum atomic E-state index is 13.1. The molecule has 3 heterocycles. The van der Waals surface area contributed by atoms with Crippen LogP contribution in [0.25, 0.3) is 16.5 Å². The first-order valence-electron chi connectivity index (χ1n) is 9.36. The molecule has 1 amide bonds. The van der Waals surface area contributed by atoms with Crippen LogP contribution in [0.4, 0.5) is 0 Å². The SMILES string of the molecule is Cc1c(C(=O)N2CCCC(C(C)N)C2)nnn1-c1cccc2cnccc12.Cl.Cl. The van der Waals surface area contributed by atoms with Crippen molar-refractivity contribution in [3.63, 3.8) is 0 Å². The molecular weight excluding hydrogens is 411 g/mol. The normalized spacial score (nSPS) is 17.3. The highest BCUT2D eigenvalue weighted by Gasteiger charge is 2.29. The molecule has 0 spiro atoms. The third kappa shape index (κ3) is 4.37. The van der Waals surface area contributed by atoms with Crippen molar-refractivity contribution in [2.75, 3.05) is 13.1 Å². The molecule has 2 unspecified atom stereocenters. The fourth-order valence-corrected chi connectivity index (χ4v) is 3.82. The number of hydrogen-bond acceptors (Lipinski definition) is 5. The lowest BCUT2D eigenvalue weighted by Crippen LogP contribution is -2.45. The molecule has 1 saturated heterocycles. The number of pyridine rings is 1. The highest BCUT2D eigenvalue weighted by molar-refractivity contribution is 5.94. The molecule has 1 aliphatic rings. The van der Waals surface area contributed by atoms with Crippen molar-refractivity contribution in [1.82, 2.24) is 24.9 Å². The highest BCUT2D eigenvalue weighted by atomic mass is 35.5. The summed E-state index contributed by atoms with van der Waals surface area (Å²) in [5, 5.41) is 10.5. The van der Waals surface area contributed by atoms with E-state index in [1.807, 2.05) is 49.2 Å². The minimum absolute atomic E-state index is 0. The first kappa shape index (κ1) is 23.1. The van der Waals surface area contributed by atoms with Crippen LogP contribution in [0, 0.1) is 12.8 Å². The number of benzene rings is 1. The second-order valence-corrected chi connectivity index (χ2v) is 7.32. The standard InChI is InChI=1S/C20H24N6O.2ClH/c1-13(21)16-6-4-10-25(12-16)20(27)19-14(2)26(24-23-19)18-7-3-5-15-11-22-9-8-17(15)18;;/h3,5,7-9,11,13,16H,4,6,10,12,21H2,1-2H3;2*1H. The van der Waals surface area contributed by atoms with Gasteiger partial charge in [0.05, 0.1) is 11.4 Å². The first-order valence-corrected chi connectivity index (χ1v) is 9.36. The number of hydrogen-bond donors (Lipinski definition) is 1. The minimum Gasteiger partial charge on any atom is -0.337 e. The molecule has 2 aromatic heterocycles. The van der Waals surface area contributed by atoms with Crippen LogP contribution < -0.4 is 5.73 Å². The third-order valence-electron chi connectivity index (χ3n) is 5.47. The number of nitrogens with two attached hydrogens (primary N) is 1. The van der Waals surface area contributed by atoms with Crippen molar-refractivity contribution in [2.24, 2.45) is 11.7 Å². The van der Waals surface area contributed by atoms with Crippen LogP contribution in [0.15, 0.2) is 36.7 Å². The van der Waals surface area contributed by atoms with E-state index in [0.717, 1.165) is 41.5 Å². The van der Waals surface area contributed by atoms with Gasteiger partial charge in [-0.2, -0.15) is 0 Å². The maximum absolute atomic E-state index is 13.1. The summed E-state index contributed by atoms with van der Waals surface area (Å²) >= 11 is 0. The Kier molecular flexibility index (Phi) is 7.57. The highest BCUT2D eigenvalue weighted by Crippen LogP contribution is 2.24. The lowest BCUT2D eigenvalue weighted by atomic mass is 9.92. The Bertz CT molecular complexity index is 985. The van der Waals surface area contributed by atoms with Crippen LogP contribution in [-0.2, 0) is 0 Å². The Labute approximate surface area is 182 Å². The van der Waals surface area contributed by atoms with Crippen LogP contribution in [0.2, 0.25) is 0 Å². The zero-order valence-electron chi connectivity index (χ0n) is 16.5. The zero-order chi connectivity index (χ0) is 19.0. The predicted molar refractivity (Wildman–Crippen MR) is 118 cm³/mol. The molecule has 0 bridgehead atoms. The fourth-order valence-electron chi connectivity index (χ4n) is 3.82. The second kappa shape index (κ2) is 9.52. The Morgan fingerprint density at radius 2 is 2.07 bits per heavy atom. The average molecular weight is 437 g/mol. The first-order chi connectivity index (χ1) is 13.1. The van der Waals surface area contributed by atoms with Crippen LogP contribution in [0.3, 0.4) is 0 Å². The van der Waals surface area contributed by atoms with Crippen molar-refractivity contribution >= 4 is 41.5 Å². The number of carbonyl (C=O) groups is 1. The Balaban J connectivity index is 0.00000150. The van der Waals surface area contributed by atoms with Crippen molar-refractivity contribution in [2.45, 2.75) is 32.7 Å². The van der Waals surface area contributed by atoms with Gasteiger partial charge < -0.3 is 10.6 Å². The molecule has 7 nitrogen and oxygen atoms in total. The van der Waals surface area contributed by atoms with Gasteiger partial charge >= 0.3 is 0 Å². The molecule has 9 heteroatoms. The summed E-state index contributed by atoms with van der Waals surface area (Å²) < 4.78 is 1.74. The molecule has 4 rings (SSSR count). The Morgan fingerprint density at radius 3 is 2.83 bits per heavy atom. The van der Waals surface area contributed by atoms with E-state index in [9.17, 15) is 4.79 Å². The molecule has 0 radical (unpaired) electrons. The molecule has 1 aliphatic heterocycles. The zero-order valence-corrected chi connectivity index (χ0v) is 18.1. The maximum Gasteiger partial charge on any atom is 0.276 e. The molecule has 0 saturated carbocycles. The predicted octanol–water partition coefficient (Wildman–Crippen LogP) is 3.17. The number of rotatable bonds is 3. The molecule has 2 N–H and O–H groups in total.